The topological polar surface area (TPSA) is 71.0 Å². The van der Waals surface area contributed by atoms with Gasteiger partial charge in [0.2, 0.25) is 5.91 Å². The van der Waals surface area contributed by atoms with E-state index in [9.17, 15) is 4.79 Å². The summed E-state index contributed by atoms with van der Waals surface area (Å²) in [4.78, 5) is 28.7. The molecule has 6 nitrogen and oxygen atoms in total. The van der Waals surface area contributed by atoms with Crippen LogP contribution in [0.3, 0.4) is 0 Å². The van der Waals surface area contributed by atoms with Gasteiger partial charge in [-0.25, -0.2) is 15.0 Å². The molecule has 2 aromatic carbocycles. The first kappa shape index (κ1) is 19.6. The molecule has 0 aliphatic carbocycles. The van der Waals surface area contributed by atoms with Crippen molar-refractivity contribution in [1.29, 1.82) is 0 Å². The predicted octanol–water partition coefficient (Wildman–Crippen LogP) is 4.92. The molecular weight excluding hydrogens is 406 g/mol. The SMILES string of the molecule is Cc1cccc2sc(NC(=O)C3CCCN(c4cc(-c5ccccc5)ncn4)C3)nc12. The van der Waals surface area contributed by atoms with Crippen LogP contribution in [0.5, 0.6) is 0 Å². The summed E-state index contributed by atoms with van der Waals surface area (Å²) in [6, 6.07) is 18.2. The van der Waals surface area contributed by atoms with Crippen LogP contribution in [0.4, 0.5) is 10.9 Å². The third-order valence-electron chi connectivity index (χ3n) is 5.69. The van der Waals surface area contributed by atoms with Gasteiger partial charge >= 0.3 is 0 Å². The lowest BCUT2D eigenvalue weighted by molar-refractivity contribution is -0.120. The van der Waals surface area contributed by atoms with Crippen LogP contribution in [-0.2, 0) is 4.79 Å². The minimum absolute atomic E-state index is 0.0266. The molecule has 1 N–H and O–H groups in total. The summed E-state index contributed by atoms with van der Waals surface area (Å²) in [6.07, 6.45) is 3.41. The van der Waals surface area contributed by atoms with Crippen LogP contribution in [0.15, 0.2) is 60.9 Å². The lowest BCUT2D eigenvalue weighted by Gasteiger charge is -2.32. The minimum atomic E-state index is -0.100. The molecule has 1 aliphatic heterocycles. The Kier molecular flexibility index (Phi) is 5.34. The van der Waals surface area contributed by atoms with Gasteiger partial charge in [-0.2, -0.15) is 0 Å². The van der Waals surface area contributed by atoms with Crippen molar-refractivity contribution >= 4 is 38.4 Å². The van der Waals surface area contributed by atoms with E-state index in [4.69, 9.17) is 0 Å². The number of aromatic nitrogens is 3. The van der Waals surface area contributed by atoms with Crippen LogP contribution < -0.4 is 10.2 Å². The fourth-order valence-corrected chi connectivity index (χ4v) is 4.98. The smallest absolute Gasteiger partial charge is 0.231 e. The van der Waals surface area contributed by atoms with Crippen LogP contribution in [0, 0.1) is 12.8 Å². The Hall–Kier alpha value is -3.32. The second-order valence-corrected chi connectivity index (χ2v) is 8.87. The molecule has 1 aliphatic rings. The molecule has 3 heterocycles. The maximum absolute atomic E-state index is 13.0. The second-order valence-electron chi connectivity index (χ2n) is 7.84. The van der Waals surface area contributed by atoms with Gasteiger partial charge < -0.3 is 10.2 Å². The van der Waals surface area contributed by atoms with Crippen LogP contribution in [0.1, 0.15) is 18.4 Å². The van der Waals surface area contributed by atoms with Gasteiger partial charge in [0.1, 0.15) is 12.1 Å². The molecule has 0 spiro atoms. The number of piperidine rings is 1. The number of hydrogen-bond acceptors (Lipinski definition) is 6. The molecule has 7 heteroatoms. The third-order valence-corrected chi connectivity index (χ3v) is 6.63. The van der Waals surface area contributed by atoms with Crippen LogP contribution in [0.25, 0.3) is 21.5 Å². The summed E-state index contributed by atoms with van der Waals surface area (Å²) in [5.41, 5.74) is 4.03. The number of fused-ring (bicyclic) bond motifs is 1. The molecule has 1 atom stereocenters. The number of para-hydroxylation sites is 1. The van der Waals surface area contributed by atoms with E-state index in [-0.39, 0.29) is 11.8 Å². The molecule has 0 bridgehead atoms. The molecule has 1 unspecified atom stereocenters. The Morgan fingerprint density at radius 3 is 2.84 bits per heavy atom. The zero-order valence-electron chi connectivity index (χ0n) is 17.3. The number of nitrogens with one attached hydrogen (secondary N) is 1. The van der Waals surface area contributed by atoms with Gasteiger partial charge in [0.15, 0.2) is 5.13 Å². The number of benzene rings is 2. The van der Waals surface area contributed by atoms with Crippen molar-refractivity contribution in [2.75, 3.05) is 23.3 Å². The Morgan fingerprint density at radius 2 is 2.00 bits per heavy atom. The van der Waals surface area contributed by atoms with Gasteiger partial charge in [-0.05, 0) is 31.4 Å². The largest absolute Gasteiger partial charge is 0.356 e. The predicted molar refractivity (Wildman–Crippen MR) is 125 cm³/mol. The zero-order chi connectivity index (χ0) is 21.2. The Bertz CT molecular complexity index is 1220. The van der Waals surface area contributed by atoms with E-state index in [0.29, 0.717) is 11.7 Å². The Labute approximate surface area is 185 Å². The van der Waals surface area contributed by atoms with E-state index >= 15 is 0 Å². The van der Waals surface area contributed by atoms with Crippen molar-refractivity contribution in [2.24, 2.45) is 5.92 Å². The van der Waals surface area contributed by atoms with E-state index in [1.807, 2.05) is 61.5 Å². The van der Waals surface area contributed by atoms with Gasteiger partial charge in [-0.1, -0.05) is 53.8 Å². The van der Waals surface area contributed by atoms with Gasteiger partial charge in [0.05, 0.1) is 21.8 Å². The number of rotatable bonds is 4. The minimum Gasteiger partial charge on any atom is -0.356 e. The third kappa shape index (κ3) is 4.14. The lowest BCUT2D eigenvalue weighted by Crippen LogP contribution is -2.41. The fourth-order valence-electron chi connectivity index (χ4n) is 4.03. The first-order valence-corrected chi connectivity index (χ1v) is 11.3. The summed E-state index contributed by atoms with van der Waals surface area (Å²) < 4.78 is 1.09. The summed E-state index contributed by atoms with van der Waals surface area (Å²) in [7, 11) is 0. The van der Waals surface area contributed by atoms with Crippen molar-refractivity contribution in [3.63, 3.8) is 0 Å². The zero-order valence-corrected chi connectivity index (χ0v) is 18.1. The van der Waals surface area contributed by atoms with E-state index in [1.54, 1.807) is 6.33 Å². The molecule has 1 amide bonds. The fraction of sp³-hybridized carbons (Fsp3) is 0.250. The molecule has 31 heavy (non-hydrogen) atoms. The number of hydrogen-bond donors (Lipinski definition) is 1. The van der Waals surface area contributed by atoms with Crippen LogP contribution >= 0.6 is 11.3 Å². The molecule has 5 rings (SSSR count). The Morgan fingerprint density at radius 1 is 1.13 bits per heavy atom. The van der Waals surface area contributed by atoms with E-state index in [0.717, 1.165) is 52.2 Å². The van der Waals surface area contributed by atoms with Gasteiger partial charge in [0.25, 0.3) is 0 Å². The number of thiazole rings is 1. The lowest BCUT2D eigenvalue weighted by atomic mass is 9.97. The monoisotopic (exact) mass is 429 g/mol. The van der Waals surface area contributed by atoms with Gasteiger partial charge in [0, 0.05) is 24.7 Å². The Balaban J connectivity index is 1.31. The summed E-state index contributed by atoms with van der Waals surface area (Å²) in [5, 5.41) is 3.71. The van der Waals surface area contributed by atoms with Gasteiger partial charge in [-0.15, -0.1) is 0 Å². The van der Waals surface area contributed by atoms with E-state index in [1.165, 1.54) is 11.3 Å². The summed E-state index contributed by atoms with van der Waals surface area (Å²) >= 11 is 1.52. The molecular formula is C24H23N5OS. The molecule has 2 aromatic heterocycles. The highest BCUT2D eigenvalue weighted by molar-refractivity contribution is 7.22. The summed E-state index contributed by atoms with van der Waals surface area (Å²) in [5.74, 6) is 0.790. The number of amides is 1. The maximum atomic E-state index is 13.0. The maximum Gasteiger partial charge on any atom is 0.231 e. The molecule has 1 saturated heterocycles. The van der Waals surface area contributed by atoms with Crippen molar-refractivity contribution in [1.82, 2.24) is 15.0 Å². The van der Waals surface area contributed by atoms with E-state index < -0.39 is 0 Å². The average molecular weight is 430 g/mol. The molecule has 4 aromatic rings. The first-order valence-electron chi connectivity index (χ1n) is 10.5. The summed E-state index contributed by atoms with van der Waals surface area (Å²) in [6.45, 7) is 3.56. The standard InChI is InChI=1S/C24H23N5OS/c1-16-7-5-11-20-22(16)27-24(31-20)28-23(30)18-10-6-12-29(14-18)21-13-19(25-15-26-21)17-8-3-2-4-9-17/h2-5,7-9,11,13,15,18H,6,10,12,14H2,1H3,(H,27,28,30). The number of aryl methyl sites for hydroxylation is 1. The molecule has 156 valence electrons. The van der Waals surface area contributed by atoms with Crippen molar-refractivity contribution < 1.29 is 4.79 Å². The van der Waals surface area contributed by atoms with E-state index in [2.05, 4.69) is 25.2 Å². The van der Waals surface area contributed by atoms with Crippen molar-refractivity contribution in [2.45, 2.75) is 19.8 Å². The van der Waals surface area contributed by atoms with Gasteiger partial charge in [-0.3, -0.25) is 4.79 Å². The number of nitrogens with zero attached hydrogens (tertiary/aromatic N) is 4. The van der Waals surface area contributed by atoms with Crippen molar-refractivity contribution in [3.05, 3.63) is 66.5 Å². The van der Waals surface area contributed by atoms with Crippen molar-refractivity contribution in [3.8, 4) is 11.3 Å². The molecule has 0 saturated carbocycles. The average Bonchev–Trinajstić information content (AvgIpc) is 3.24. The van der Waals surface area contributed by atoms with Crippen LogP contribution in [-0.4, -0.2) is 33.9 Å². The number of anilines is 2. The number of carbonyl (C=O) groups is 1. The number of carbonyl (C=O) groups excluding carboxylic acids is 1. The molecule has 1 fully saturated rings. The highest BCUT2D eigenvalue weighted by atomic mass is 32.1. The second kappa shape index (κ2) is 8.43. The molecule has 0 radical (unpaired) electrons. The highest BCUT2D eigenvalue weighted by Gasteiger charge is 2.27. The first-order chi connectivity index (χ1) is 15.2. The normalized spacial score (nSPS) is 16.4. The highest BCUT2D eigenvalue weighted by Crippen LogP contribution is 2.30. The van der Waals surface area contributed by atoms with Crippen LogP contribution in [0.2, 0.25) is 0 Å². The quantitative estimate of drug-likeness (QED) is 0.499.